The molecule has 0 bridgehead atoms. The van der Waals surface area contributed by atoms with Crippen molar-refractivity contribution < 1.29 is 4.74 Å². The van der Waals surface area contributed by atoms with Crippen LogP contribution in [0.25, 0.3) is 0 Å². The van der Waals surface area contributed by atoms with Crippen LogP contribution in [-0.2, 0) is 4.74 Å². The van der Waals surface area contributed by atoms with Gasteiger partial charge in [0.2, 0.25) is 0 Å². The van der Waals surface area contributed by atoms with Gasteiger partial charge in [0.25, 0.3) is 0 Å². The second-order valence-electron chi connectivity index (χ2n) is 3.81. The lowest BCUT2D eigenvalue weighted by Crippen LogP contribution is -2.11. The van der Waals surface area contributed by atoms with Crippen molar-refractivity contribution in [2.45, 2.75) is 19.8 Å². The molecule has 0 saturated heterocycles. The number of hydrogen-bond donors (Lipinski definition) is 2. The lowest BCUT2D eigenvalue weighted by Gasteiger charge is -2.09. The van der Waals surface area contributed by atoms with Gasteiger partial charge in [0.05, 0.1) is 29.6 Å². The molecule has 0 spiro atoms. The van der Waals surface area contributed by atoms with Crippen LogP contribution in [0.3, 0.4) is 0 Å². The molecule has 17 heavy (non-hydrogen) atoms. The molecule has 4 heteroatoms. The predicted molar refractivity (Wildman–Crippen MR) is 69.8 cm³/mol. The van der Waals surface area contributed by atoms with E-state index in [0.29, 0.717) is 24.4 Å². The number of nitrogen functional groups attached to an aromatic ring is 1. The number of nitriles is 1. The number of unbranched alkanes of at least 4 members (excludes halogenated alkanes) is 1. The lowest BCUT2D eigenvalue weighted by atomic mass is 10.2. The molecular formula is C13H19N3O. The number of hydrogen-bond acceptors (Lipinski definition) is 4. The molecule has 4 nitrogen and oxygen atoms in total. The third-order valence-electron chi connectivity index (χ3n) is 2.39. The van der Waals surface area contributed by atoms with Gasteiger partial charge in [-0.2, -0.15) is 5.26 Å². The first-order valence-corrected chi connectivity index (χ1v) is 5.89. The highest BCUT2D eigenvalue weighted by Crippen LogP contribution is 2.19. The molecule has 0 fully saturated rings. The number of ether oxygens (including phenoxy) is 1. The van der Waals surface area contributed by atoms with Gasteiger partial charge >= 0.3 is 0 Å². The third kappa shape index (κ3) is 4.75. The number of nitrogens with two attached hydrogens (primary N) is 1. The van der Waals surface area contributed by atoms with Crippen molar-refractivity contribution in [3.05, 3.63) is 23.8 Å². The van der Waals surface area contributed by atoms with Crippen LogP contribution in [0.4, 0.5) is 11.4 Å². The average molecular weight is 233 g/mol. The fraction of sp³-hybridized carbons (Fsp3) is 0.462. The SMILES string of the molecule is CCCCOCCNc1cc(C#N)ccc1N. The number of nitrogens with one attached hydrogen (secondary N) is 1. The van der Waals surface area contributed by atoms with E-state index in [4.69, 9.17) is 15.7 Å². The van der Waals surface area contributed by atoms with Crippen LogP contribution in [0, 0.1) is 11.3 Å². The summed E-state index contributed by atoms with van der Waals surface area (Å²) in [6.45, 7) is 4.28. The molecule has 0 aliphatic carbocycles. The van der Waals surface area contributed by atoms with E-state index in [1.165, 1.54) is 0 Å². The third-order valence-corrected chi connectivity index (χ3v) is 2.39. The van der Waals surface area contributed by atoms with Crippen LogP contribution >= 0.6 is 0 Å². The molecule has 0 saturated carbocycles. The van der Waals surface area contributed by atoms with Crippen molar-refractivity contribution in [2.24, 2.45) is 0 Å². The first-order valence-electron chi connectivity index (χ1n) is 5.89. The summed E-state index contributed by atoms with van der Waals surface area (Å²) in [6, 6.07) is 7.28. The van der Waals surface area contributed by atoms with E-state index in [2.05, 4.69) is 18.3 Å². The fourth-order valence-corrected chi connectivity index (χ4v) is 1.39. The zero-order valence-electron chi connectivity index (χ0n) is 10.2. The van der Waals surface area contributed by atoms with Gasteiger partial charge in [-0.05, 0) is 24.6 Å². The zero-order chi connectivity index (χ0) is 12.5. The smallest absolute Gasteiger partial charge is 0.0992 e. The Balaban J connectivity index is 2.33. The average Bonchev–Trinajstić information content (AvgIpc) is 2.35. The summed E-state index contributed by atoms with van der Waals surface area (Å²) in [7, 11) is 0. The molecule has 92 valence electrons. The van der Waals surface area contributed by atoms with Crippen molar-refractivity contribution in [3.63, 3.8) is 0 Å². The number of rotatable bonds is 7. The van der Waals surface area contributed by atoms with Crippen molar-refractivity contribution in [1.29, 1.82) is 5.26 Å². The number of anilines is 2. The quantitative estimate of drug-likeness (QED) is 0.560. The first-order chi connectivity index (χ1) is 8.27. The maximum atomic E-state index is 8.78. The van der Waals surface area contributed by atoms with Crippen molar-refractivity contribution >= 4 is 11.4 Å². The summed E-state index contributed by atoms with van der Waals surface area (Å²) in [5.74, 6) is 0. The van der Waals surface area contributed by atoms with Gasteiger partial charge in [0, 0.05) is 13.2 Å². The summed E-state index contributed by atoms with van der Waals surface area (Å²) < 4.78 is 5.42. The van der Waals surface area contributed by atoms with Gasteiger partial charge in [0.1, 0.15) is 0 Å². The van der Waals surface area contributed by atoms with Crippen LogP contribution in [0.1, 0.15) is 25.3 Å². The van der Waals surface area contributed by atoms with E-state index < -0.39 is 0 Å². The molecule has 0 amide bonds. The molecule has 3 N–H and O–H groups in total. The lowest BCUT2D eigenvalue weighted by molar-refractivity contribution is 0.141. The van der Waals surface area contributed by atoms with E-state index in [9.17, 15) is 0 Å². The predicted octanol–water partition coefficient (Wildman–Crippen LogP) is 2.37. The summed E-state index contributed by atoms with van der Waals surface area (Å²) >= 11 is 0. The fourth-order valence-electron chi connectivity index (χ4n) is 1.39. The van der Waals surface area contributed by atoms with E-state index in [0.717, 1.165) is 25.1 Å². The Morgan fingerprint density at radius 2 is 2.24 bits per heavy atom. The molecule has 0 unspecified atom stereocenters. The summed E-state index contributed by atoms with van der Waals surface area (Å²) in [5, 5.41) is 11.9. The Morgan fingerprint density at radius 3 is 2.94 bits per heavy atom. The molecule has 0 heterocycles. The summed E-state index contributed by atoms with van der Waals surface area (Å²) in [5.41, 5.74) is 7.84. The number of nitrogens with zero attached hydrogens (tertiary/aromatic N) is 1. The molecular weight excluding hydrogens is 214 g/mol. The zero-order valence-corrected chi connectivity index (χ0v) is 10.2. The maximum Gasteiger partial charge on any atom is 0.0992 e. The Hall–Kier alpha value is -1.73. The van der Waals surface area contributed by atoms with Gasteiger partial charge in [-0.25, -0.2) is 0 Å². The van der Waals surface area contributed by atoms with Gasteiger partial charge in [0.15, 0.2) is 0 Å². The first kappa shape index (κ1) is 13.3. The van der Waals surface area contributed by atoms with E-state index in [1.54, 1.807) is 18.2 Å². The largest absolute Gasteiger partial charge is 0.397 e. The highest BCUT2D eigenvalue weighted by molar-refractivity contribution is 5.68. The van der Waals surface area contributed by atoms with Gasteiger partial charge in [-0.15, -0.1) is 0 Å². The van der Waals surface area contributed by atoms with Crippen LogP contribution in [0.2, 0.25) is 0 Å². The number of benzene rings is 1. The van der Waals surface area contributed by atoms with Gasteiger partial charge in [-0.1, -0.05) is 13.3 Å². The summed E-state index contributed by atoms with van der Waals surface area (Å²) in [4.78, 5) is 0. The normalized spacial score (nSPS) is 9.88. The van der Waals surface area contributed by atoms with Crippen molar-refractivity contribution in [3.8, 4) is 6.07 Å². The maximum absolute atomic E-state index is 8.78. The van der Waals surface area contributed by atoms with Crippen LogP contribution in [0.5, 0.6) is 0 Å². The second kappa shape index (κ2) is 7.53. The Kier molecular flexibility index (Phi) is 5.91. The topological polar surface area (TPSA) is 71.1 Å². The van der Waals surface area contributed by atoms with Crippen LogP contribution < -0.4 is 11.1 Å². The monoisotopic (exact) mass is 233 g/mol. The molecule has 0 radical (unpaired) electrons. The van der Waals surface area contributed by atoms with Crippen LogP contribution in [-0.4, -0.2) is 19.8 Å². The molecule has 0 aliphatic rings. The molecule has 1 aromatic carbocycles. The van der Waals surface area contributed by atoms with Gasteiger partial charge in [-0.3, -0.25) is 0 Å². The van der Waals surface area contributed by atoms with Crippen molar-refractivity contribution in [1.82, 2.24) is 0 Å². The van der Waals surface area contributed by atoms with Gasteiger partial charge < -0.3 is 15.8 Å². The molecule has 0 aliphatic heterocycles. The Bertz CT molecular complexity index is 385. The minimum absolute atomic E-state index is 0.605. The Labute approximate surface area is 102 Å². The standard InChI is InChI=1S/C13H19N3O/c1-2-3-7-17-8-6-16-13-9-11(10-14)4-5-12(13)15/h4-5,9,16H,2-3,6-8,15H2,1H3. The molecule has 0 aromatic heterocycles. The highest BCUT2D eigenvalue weighted by Gasteiger charge is 1.99. The molecule has 1 rings (SSSR count). The van der Waals surface area contributed by atoms with Crippen LogP contribution in [0.15, 0.2) is 18.2 Å². The van der Waals surface area contributed by atoms with E-state index in [1.807, 2.05) is 0 Å². The molecule has 0 atom stereocenters. The molecule has 1 aromatic rings. The highest BCUT2D eigenvalue weighted by atomic mass is 16.5. The van der Waals surface area contributed by atoms with Crippen molar-refractivity contribution in [2.75, 3.05) is 30.8 Å². The summed E-state index contributed by atoms with van der Waals surface area (Å²) in [6.07, 6.45) is 2.23. The van der Waals surface area contributed by atoms with E-state index >= 15 is 0 Å². The van der Waals surface area contributed by atoms with E-state index in [-0.39, 0.29) is 0 Å². The minimum atomic E-state index is 0.605. The second-order valence-corrected chi connectivity index (χ2v) is 3.81. The minimum Gasteiger partial charge on any atom is -0.397 e. The Morgan fingerprint density at radius 1 is 1.41 bits per heavy atom.